The normalized spacial score (nSPS) is 11.0. The second-order valence-electron chi connectivity index (χ2n) is 6.22. The van der Waals surface area contributed by atoms with Crippen LogP contribution >= 0.6 is 11.3 Å². The molecule has 0 aliphatic rings. The minimum atomic E-state index is -0.0654. The zero-order valence-corrected chi connectivity index (χ0v) is 15.6. The van der Waals surface area contributed by atoms with E-state index < -0.39 is 0 Å². The molecule has 0 aliphatic carbocycles. The Morgan fingerprint density at radius 1 is 1.11 bits per heavy atom. The molecule has 0 unspecified atom stereocenters. The van der Waals surface area contributed by atoms with Crippen LogP contribution in [0.15, 0.2) is 52.9 Å². The minimum Gasteiger partial charge on any atom is -0.421 e. The summed E-state index contributed by atoms with van der Waals surface area (Å²) in [5.74, 6) is 0.866. The molecular formula is C20H18N4O2S. The highest BCUT2D eigenvalue weighted by Crippen LogP contribution is 2.21. The molecule has 7 heteroatoms. The molecule has 2 heterocycles. The van der Waals surface area contributed by atoms with Crippen LogP contribution < -0.4 is 5.32 Å². The number of para-hydroxylation sites is 1. The summed E-state index contributed by atoms with van der Waals surface area (Å²) in [6.07, 6.45) is 0.699. The van der Waals surface area contributed by atoms with E-state index in [1.807, 2.05) is 55.5 Å². The minimum absolute atomic E-state index is 0.0654. The van der Waals surface area contributed by atoms with Gasteiger partial charge in [-0.2, -0.15) is 0 Å². The highest BCUT2D eigenvalue weighted by molar-refractivity contribution is 7.18. The number of aryl methyl sites for hydroxylation is 2. The molecular weight excluding hydrogens is 360 g/mol. The maximum Gasteiger partial charge on any atom is 0.247 e. The molecule has 4 rings (SSSR count). The van der Waals surface area contributed by atoms with Crippen molar-refractivity contribution in [2.45, 2.75) is 26.3 Å². The predicted octanol–water partition coefficient (Wildman–Crippen LogP) is 3.90. The zero-order valence-electron chi connectivity index (χ0n) is 14.8. The highest BCUT2D eigenvalue weighted by atomic mass is 32.1. The van der Waals surface area contributed by atoms with Crippen molar-refractivity contribution >= 4 is 27.5 Å². The van der Waals surface area contributed by atoms with Crippen LogP contribution in [0, 0.1) is 6.92 Å². The molecule has 1 amide bonds. The number of carbonyl (C=O) groups excluding carboxylic acids is 1. The largest absolute Gasteiger partial charge is 0.421 e. The van der Waals surface area contributed by atoms with Crippen molar-refractivity contribution in [1.82, 2.24) is 20.5 Å². The van der Waals surface area contributed by atoms with Gasteiger partial charge in [-0.1, -0.05) is 29.8 Å². The van der Waals surface area contributed by atoms with Gasteiger partial charge in [0.15, 0.2) is 0 Å². The van der Waals surface area contributed by atoms with Crippen LogP contribution in [0.3, 0.4) is 0 Å². The van der Waals surface area contributed by atoms with E-state index in [0.29, 0.717) is 31.2 Å². The van der Waals surface area contributed by atoms with E-state index >= 15 is 0 Å². The van der Waals surface area contributed by atoms with E-state index in [9.17, 15) is 4.79 Å². The summed E-state index contributed by atoms with van der Waals surface area (Å²) in [7, 11) is 0. The number of nitrogens with zero attached hydrogens (tertiary/aromatic N) is 3. The first-order chi connectivity index (χ1) is 13.2. The number of thiazole rings is 1. The number of aromatic nitrogens is 3. The number of nitrogens with one attached hydrogen (secondary N) is 1. The van der Waals surface area contributed by atoms with E-state index in [2.05, 4.69) is 20.5 Å². The third-order valence-corrected chi connectivity index (χ3v) is 5.14. The predicted molar refractivity (Wildman–Crippen MR) is 104 cm³/mol. The van der Waals surface area contributed by atoms with E-state index in [4.69, 9.17) is 4.42 Å². The average Bonchev–Trinajstić information content (AvgIpc) is 3.32. The number of amides is 1. The lowest BCUT2D eigenvalue weighted by molar-refractivity contribution is -0.121. The van der Waals surface area contributed by atoms with Crippen molar-refractivity contribution < 1.29 is 9.21 Å². The Morgan fingerprint density at radius 2 is 1.93 bits per heavy atom. The molecule has 2 aromatic heterocycles. The molecule has 0 aliphatic heterocycles. The maximum atomic E-state index is 12.1. The molecule has 4 aromatic rings. The number of rotatable bonds is 6. The lowest BCUT2D eigenvalue weighted by Gasteiger charge is -2.01. The zero-order chi connectivity index (χ0) is 18.6. The van der Waals surface area contributed by atoms with Crippen molar-refractivity contribution in [2.24, 2.45) is 0 Å². The smallest absolute Gasteiger partial charge is 0.247 e. The molecule has 0 radical (unpaired) electrons. The van der Waals surface area contributed by atoms with E-state index in [1.54, 1.807) is 11.3 Å². The fraction of sp³-hybridized carbons (Fsp3) is 0.200. The number of fused-ring (bicyclic) bond motifs is 1. The molecule has 0 atom stereocenters. The molecule has 6 nitrogen and oxygen atoms in total. The Kier molecular flexibility index (Phi) is 4.93. The SMILES string of the molecule is Cc1ccc(-c2nnc(CCC(=O)NCc3nc4ccccc4s3)o2)cc1. The fourth-order valence-electron chi connectivity index (χ4n) is 2.65. The Labute approximate surface area is 160 Å². The average molecular weight is 378 g/mol. The molecule has 0 bridgehead atoms. The van der Waals surface area contributed by atoms with Gasteiger partial charge in [-0.3, -0.25) is 4.79 Å². The van der Waals surface area contributed by atoms with Gasteiger partial charge in [0, 0.05) is 18.4 Å². The van der Waals surface area contributed by atoms with Crippen LogP contribution in [0.1, 0.15) is 22.9 Å². The van der Waals surface area contributed by atoms with Crippen molar-refractivity contribution in [3.63, 3.8) is 0 Å². The second kappa shape index (κ2) is 7.67. The summed E-state index contributed by atoms with van der Waals surface area (Å²) in [5, 5.41) is 11.9. The summed E-state index contributed by atoms with van der Waals surface area (Å²) < 4.78 is 6.77. The summed E-state index contributed by atoms with van der Waals surface area (Å²) in [4.78, 5) is 16.6. The van der Waals surface area contributed by atoms with Crippen LogP contribution in [0.4, 0.5) is 0 Å². The first-order valence-electron chi connectivity index (χ1n) is 8.68. The molecule has 27 heavy (non-hydrogen) atoms. The molecule has 2 aromatic carbocycles. The summed E-state index contributed by atoms with van der Waals surface area (Å²) in [6, 6.07) is 15.8. The lowest BCUT2D eigenvalue weighted by Crippen LogP contribution is -2.22. The molecule has 0 saturated heterocycles. The van der Waals surface area contributed by atoms with E-state index in [-0.39, 0.29) is 5.91 Å². The van der Waals surface area contributed by atoms with Crippen molar-refractivity contribution in [1.29, 1.82) is 0 Å². The summed E-state index contributed by atoms with van der Waals surface area (Å²) in [5.41, 5.74) is 3.00. The Balaban J connectivity index is 1.29. The van der Waals surface area contributed by atoms with Crippen LogP contribution in [0.5, 0.6) is 0 Å². The molecule has 0 saturated carbocycles. The molecule has 1 N–H and O–H groups in total. The number of hydrogen-bond donors (Lipinski definition) is 1. The van der Waals surface area contributed by atoms with Gasteiger partial charge in [0.25, 0.3) is 0 Å². The fourth-order valence-corrected chi connectivity index (χ4v) is 3.55. The Bertz CT molecular complexity index is 1040. The first kappa shape index (κ1) is 17.4. The van der Waals surface area contributed by atoms with Gasteiger partial charge in [-0.05, 0) is 31.2 Å². The number of hydrogen-bond acceptors (Lipinski definition) is 6. The first-order valence-corrected chi connectivity index (χ1v) is 9.49. The third-order valence-electron chi connectivity index (χ3n) is 4.11. The molecule has 0 fully saturated rings. The topological polar surface area (TPSA) is 80.9 Å². The van der Waals surface area contributed by atoms with Crippen LogP contribution in [-0.2, 0) is 17.8 Å². The summed E-state index contributed by atoms with van der Waals surface area (Å²) >= 11 is 1.59. The van der Waals surface area contributed by atoms with E-state index in [0.717, 1.165) is 20.8 Å². The van der Waals surface area contributed by atoms with Crippen LogP contribution in [0.25, 0.3) is 21.7 Å². The van der Waals surface area contributed by atoms with Crippen molar-refractivity contribution in [3.05, 3.63) is 65.0 Å². The van der Waals surface area contributed by atoms with Crippen molar-refractivity contribution in [2.75, 3.05) is 0 Å². The van der Waals surface area contributed by atoms with Gasteiger partial charge in [-0.15, -0.1) is 21.5 Å². The third kappa shape index (κ3) is 4.20. The van der Waals surface area contributed by atoms with E-state index in [1.165, 1.54) is 5.56 Å². The number of benzene rings is 2. The number of carbonyl (C=O) groups is 1. The van der Waals surface area contributed by atoms with Gasteiger partial charge < -0.3 is 9.73 Å². The van der Waals surface area contributed by atoms with Crippen LogP contribution in [-0.4, -0.2) is 21.1 Å². The monoisotopic (exact) mass is 378 g/mol. The van der Waals surface area contributed by atoms with Gasteiger partial charge >= 0.3 is 0 Å². The molecule has 0 spiro atoms. The maximum absolute atomic E-state index is 12.1. The highest BCUT2D eigenvalue weighted by Gasteiger charge is 2.11. The summed E-state index contributed by atoms with van der Waals surface area (Å²) in [6.45, 7) is 2.45. The Morgan fingerprint density at radius 3 is 2.74 bits per heavy atom. The Hall–Kier alpha value is -3.06. The molecule has 136 valence electrons. The quantitative estimate of drug-likeness (QED) is 0.550. The lowest BCUT2D eigenvalue weighted by atomic mass is 10.1. The van der Waals surface area contributed by atoms with Crippen molar-refractivity contribution in [3.8, 4) is 11.5 Å². The second-order valence-corrected chi connectivity index (χ2v) is 7.33. The van der Waals surface area contributed by atoms with Gasteiger partial charge in [0.05, 0.1) is 16.8 Å². The van der Waals surface area contributed by atoms with Gasteiger partial charge in [0.2, 0.25) is 17.7 Å². The standard InChI is InChI=1S/C20H18N4O2S/c1-13-6-8-14(9-7-13)20-24-23-18(26-20)11-10-17(25)21-12-19-22-15-4-2-3-5-16(15)27-19/h2-9H,10-12H2,1H3,(H,21,25). The van der Waals surface area contributed by atoms with Gasteiger partial charge in [0.1, 0.15) is 5.01 Å². The van der Waals surface area contributed by atoms with Gasteiger partial charge in [-0.25, -0.2) is 4.98 Å². The van der Waals surface area contributed by atoms with Crippen LogP contribution in [0.2, 0.25) is 0 Å².